The van der Waals surface area contributed by atoms with E-state index in [4.69, 9.17) is 0 Å². The molecule has 1 N–H and O–H groups in total. The van der Waals surface area contributed by atoms with Gasteiger partial charge in [-0.2, -0.15) is 0 Å². The van der Waals surface area contributed by atoms with Gasteiger partial charge in [0, 0.05) is 6.54 Å². The van der Waals surface area contributed by atoms with E-state index in [2.05, 4.69) is 11.3 Å². The lowest BCUT2D eigenvalue weighted by Gasteiger charge is -2.07. The van der Waals surface area contributed by atoms with Crippen LogP contribution in [0.4, 0.5) is 4.39 Å². The summed E-state index contributed by atoms with van der Waals surface area (Å²) >= 11 is 0. The van der Waals surface area contributed by atoms with Crippen LogP contribution in [0.1, 0.15) is 5.56 Å². The molecule has 0 aliphatic rings. The van der Waals surface area contributed by atoms with Gasteiger partial charge >= 0.3 is 0 Å². The Kier molecular flexibility index (Phi) is 4.20. The van der Waals surface area contributed by atoms with Crippen LogP contribution in [0.25, 0.3) is 0 Å². The third-order valence-electron chi connectivity index (χ3n) is 2.06. The van der Waals surface area contributed by atoms with Gasteiger partial charge in [-0.1, -0.05) is 23.8 Å². The SMILES string of the molecule is C=C[C@@H](F)CNS(=O)(=O)c1ccc(C)cc1. The lowest BCUT2D eigenvalue weighted by molar-refractivity contribution is 0.397. The number of benzene rings is 1. The van der Waals surface area contributed by atoms with Gasteiger partial charge < -0.3 is 0 Å². The fraction of sp³-hybridized carbons (Fsp3) is 0.273. The molecule has 0 saturated carbocycles. The Morgan fingerprint density at radius 2 is 2.00 bits per heavy atom. The molecule has 0 bridgehead atoms. The Hall–Kier alpha value is -1.20. The highest BCUT2D eigenvalue weighted by Crippen LogP contribution is 2.09. The van der Waals surface area contributed by atoms with Crippen LogP contribution in [0.3, 0.4) is 0 Å². The Bertz CT molecular complexity index is 453. The van der Waals surface area contributed by atoms with Gasteiger partial charge in [-0.15, -0.1) is 6.58 Å². The van der Waals surface area contributed by atoms with Crippen LogP contribution < -0.4 is 4.72 Å². The first kappa shape index (κ1) is 12.9. The van der Waals surface area contributed by atoms with E-state index in [-0.39, 0.29) is 11.4 Å². The summed E-state index contributed by atoms with van der Waals surface area (Å²) in [7, 11) is -3.62. The van der Waals surface area contributed by atoms with Crippen LogP contribution in [0.5, 0.6) is 0 Å². The summed E-state index contributed by atoms with van der Waals surface area (Å²) in [5.74, 6) is 0. The number of nitrogens with one attached hydrogen (secondary N) is 1. The average Bonchev–Trinajstić information content (AvgIpc) is 2.26. The molecule has 0 aromatic heterocycles. The molecule has 5 heteroatoms. The molecule has 1 atom stereocenters. The number of alkyl halides is 1. The monoisotopic (exact) mass is 243 g/mol. The molecule has 1 aromatic carbocycles. The van der Waals surface area contributed by atoms with Crippen LogP contribution in [0, 0.1) is 6.92 Å². The number of halogens is 1. The van der Waals surface area contributed by atoms with E-state index in [1.807, 2.05) is 6.92 Å². The van der Waals surface area contributed by atoms with Crippen molar-refractivity contribution in [2.45, 2.75) is 18.0 Å². The van der Waals surface area contributed by atoms with Crippen LogP contribution >= 0.6 is 0 Å². The summed E-state index contributed by atoms with van der Waals surface area (Å²) in [6.07, 6.45) is -0.322. The first-order chi connectivity index (χ1) is 7.45. The molecule has 0 saturated heterocycles. The van der Waals surface area contributed by atoms with Crippen molar-refractivity contribution in [1.29, 1.82) is 0 Å². The fourth-order valence-corrected chi connectivity index (χ4v) is 2.11. The van der Waals surface area contributed by atoms with E-state index >= 15 is 0 Å². The number of hydrogen-bond donors (Lipinski definition) is 1. The van der Waals surface area contributed by atoms with Gasteiger partial charge in [0.25, 0.3) is 0 Å². The van der Waals surface area contributed by atoms with Crippen molar-refractivity contribution in [3.8, 4) is 0 Å². The maximum absolute atomic E-state index is 12.8. The highest BCUT2D eigenvalue weighted by atomic mass is 32.2. The highest BCUT2D eigenvalue weighted by molar-refractivity contribution is 7.89. The zero-order valence-electron chi connectivity index (χ0n) is 8.98. The molecule has 0 spiro atoms. The number of rotatable bonds is 5. The predicted molar refractivity (Wildman–Crippen MR) is 61.5 cm³/mol. The maximum Gasteiger partial charge on any atom is 0.240 e. The lowest BCUT2D eigenvalue weighted by atomic mass is 10.2. The number of sulfonamides is 1. The second kappa shape index (κ2) is 5.23. The van der Waals surface area contributed by atoms with Crippen molar-refractivity contribution in [3.63, 3.8) is 0 Å². The molecule has 16 heavy (non-hydrogen) atoms. The summed E-state index contributed by atoms with van der Waals surface area (Å²) in [4.78, 5) is 0.134. The molecule has 0 fully saturated rings. The maximum atomic E-state index is 12.8. The van der Waals surface area contributed by atoms with Gasteiger partial charge in [0.2, 0.25) is 10.0 Å². The van der Waals surface area contributed by atoms with Crippen LogP contribution in [-0.2, 0) is 10.0 Å². The van der Waals surface area contributed by atoms with Crippen molar-refractivity contribution < 1.29 is 12.8 Å². The molecule has 0 aliphatic heterocycles. The van der Waals surface area contributed by atoms with Gasteiger partial charge in [0.15, 0.2) is 0 Å². The van der Waals surface area contributed by atoms with Crippen LogP contribution in [0.15, 0.2) is 41.8 Å². The van der Waals surface area contributed by atoms with Gasteiger partial charge in [-0.25, -0.2) is 17.5 Å². The largest absolute Gasteiger partial charge is 0.242 e. The van der Waals surface area contributed by atoms with Crippen molar-refractivity contribution in [2.24, 2.45) is 0 Å². The quantitative estimate of drug-likeness (QED) is 0.801. The van der Waals surface area contributed by atoms with E-state index in [1.165, 1.54) is 12.1 Å². The number of aryl methyl sites for hydroxylation is 1. The van der Waals surface area contributed by atoms with Crippen LogP contribution in [0.2, 0.25) is 0 Å². The minimum Gasteiger partial charge on any atom is -0.242 e. The summed E-state index contributed by atoms with van der Waals surface area (Å²) in [6, 6.07) is 6.35. The first-order valence-corrected chi connectivity index (χ1v) is 6.27. The minimum absolute atomic E-state index is 0.134. The average molecular weight is 243 g/mol. The van der Waals surface area contributed by atoms with Crippen molar-refractivity contribution in [2.75, 3.05) is 6.54 Å². The Morgan fingerprint density at radius 3 is 2.50 bits per heavy atom. The zero-order chi connectivity index (χ0) is 12.2. The summed E-state index contributed by atoms with van der Waals surface area (Å²) < 4.78 is 38.3. The van der Waals surface area contributed by atoms with Crippen molar-refractivity contribution in [1.82, 2.24) is 4.72 Å². The van der Waals surface area contributed by atoms with Gasteiger partial charge in [-0.05, 0) is 19.1 Å². The van der Waals surface area contributed by atoms with E-state index in [0.29, 0.717) is 0 Å². The summed E-state index contributed by atoms with van der Waals surface area (Å²) in [6.45, 7) is 4.80. The Balaban J connectivity index is 2.78. The molecule has 0 radical (unpaired) electrons. The molecule has 0 heterocycles. The molecular formula is C11H14FNO2S. The van der Waals surface area contributed by atoms with Gasteiger partial charge in [0.05, 0.1) is 4.90 Å². The molecule has 88 valence electrons. The fourth-order valence-electron chi connectivity index (χ4n) is 1.07. The third kappa shape index (κ3) is 3.43. The molecular weight excluding hydrogens is 229 g/mol. The molecule has 0 aliphatic carbocycles. The predicted octanol–water partition coefficient (Wildman–Crippen LogP) is 1.80. The highest BCUT2D eigenvalue weighted by Gasteiger charge is 2.14. The number of hydrogen-bond acceptors (Lipinski definition) is 2. The molecule has 0 amide bonds. The molecule has 1 rings (SSSR count). The van der Waals surface area contributed by atoms with E-state index in [1.54, 1.807) is 12.1 Å². The standard InChI is InChI=1S/C11H14FNO2S/c1-3-10(12)8-13-16(14,15)11-6-4-9(2)5-7-11/h3-7,10,13H,1,8H2,2H3/t10-/m1/s1. The summed E-state index contributed by atoms with van der Waals surface area (Å²) in [5.41, 5.74) is 0.966. The molecule has 0 unspecified atom stereocenters. The lowest BCUT2D eigenvalue weighted by Crippen LogP contribution is -2.29. The smallest absolute Gasteiger partial charge is 0.240 e. The molecule has 3 nitrogen and oxygen atoms in total. The molecule has 1 aromatic rings. The summed E-state index contributed by atoms with van der Waals surface area (Å²) in [5, 5.41) is 0. The third-order valence-corrected chi connectivity index (χ3v) is 3.49. The van der Waals surface area contributed by atoms with Crippen molar-refractivity contribution >= 4 is 10.0 Å². The van der Waals surface area contributed by atoms with Crippen LogP contribution in [-0.4, -0.2) is 21.1 Å². The Morgan fingerprint density at radius 1 is 1.44 bits per heavy atom. The van der Waals surface area contributed by atoms with Gasteiger partial charge in [-0.3, -0.25) is 0 Å². The van der Waals surface area contributed by atoms with E-state index < -0.39 is 16.2 Å². The topological polar surface area (TPSA) is 46.2 Å². The second-order valence-electron chi connectivity index (χ2n) is 3.42. The first-order valence-electron chi connectivity index (χ1n) is 4.78. The second-order valence-corrected chi connectivity index (χ2v) is 5.18. The van der Waals surface area contributed by atoms with E-state index in [9.17, 15) is 12.8 Å². The zero-order valence-corrected chi connectivity index (χ0v) is 9.80. The normalized spacial score (nSPS) is 13.4. The van der Waals surface area contributed by atoms with Crippen molar-refractivity contribution in [3.05, 3.63) is 42.5 Å². The van der Waals surface area contributed by atoms with E-state index in [0.717, 1.165) is 11.6 Å². The Labute approximate surface area is 95.0 Å². The van der Waals surface area contributed by atoms with Gasteiger partial charge in [0.1, 0.15) is 6.17 Å². The minimum atomic E-state index is -3.62.